The van der Waals surface area contributed by atoms with Crippen LogP contribution in [0.1, 0.15) is 42.7 Å². The second kappa shape index (κ2) is 8.78. The summed E-state index contributed by atoms with van der Waals surface area (Å²) < 4.78 is 1.03. The van der Waals surface area contributed by atoms with Crippen LogP contribution >= 0.6 is 15.9 Å². The third kappa shape index (κ3) is 4.77. The Morgan fingerprint density at radius 2 is 1.88 bits per heavy atom. The maximum absolute atomic E-state index is 12.5. The van der Waals surface area contributed by atoms with Crippen LogP contribution in [-0.4, -0.2) is 33.9 Å². The lowest BCUT2D eigenvalue weighted by Gasteiger charge is -2.20. The molecule has 24 heavy (non-hydrogen) atoms. The number of halogens is 1. The van der Waals surface area contributed by atoms with Gasteiger partial charge in [-0.25, -0.2) is 9.97 Å². The summed E-state index contributed by atoms with van der Waals surface area (Å²) in [6.45, 7) is 7.65. The molecule has 0 aliphatic heterocycles. The summed E-state index contributed by atoms with van der Waals surface area (Å²) >= 11 is 3.51. The number of carbonyl (C=O) groups excluding carboxylic acids is 1. The molecule has 1 heterocycles. The van der Waals surface area contributed by atoms with Gasteiger partial charge in [-0.15, -0.1) is 0 Å². The smallest absolute Gasteiger partial charge is 0.274 e. The van der Waals surface area contributed by atoms with Gasteiger partial charge in [-0.2, -0.15) is 0 Å². The largest absolute Gasteiger partial charge is 0.339 e. The Hall–Kier alpha value is -1.95. The fourth-order valence-corrected chi connectivity index (χ4v) is 2.72. The maximum Gasteiger partial charge on any atom is 0.274 e. The van der Waals surface area contributed by atoms with E-state index in [2.05, 4.69) is 45.1 Å². The monoisotopic (exact) mass is 390 g/mol. The number of amides is 1. The first-order valence-electron chi connectivity index (χ1n) is 8.19. The number of carbonyl (C=O) groups is 1. The van der Waals surface area contributed by atoms with Crippen molar-refractivity contribution in [3.05, 3.63) is 46.3 Å². The number of aromatic nitrogens is 2. The van der Waals surface area contributed by atoms with Gasteiger partial charge in [0.1, 0.15) is 11.5 Å². The number of aryl methyl sites for hydroxylation is 1. The number of anilines is 2. The zero-order chi connectivity index (χ0) is 17.5. The molecule has 0 bridgehead atoms. The normalized spacial score (nSPS) is 10.5. The summed E-state index contributed by atoms with van der Waals surface area (Å²) in [4.78, 5) is 22.9. The molecule has 0 aliphatic carbocycles. The van der Waals surface area contributed by atoms with Crippen LogP contribution in [-0.2, 0) is 0 Å². The zero-order valence-electron chi connectivity index (χ0n) is 14.3. The number of rotatable bonds is 7. The highest BCUT2D eigenvalue weighted by Gasteiger charge is 2.16. The number of benzene rings is 1. The van der Waals surface area contributed by atoms with Crippen molar-refractivity contribution in [1.82, 2.24) is 14.9 Å². The van der Waals surface area contributed by atoms with Crippen molar-refractivity contribution in [3.8, 4) is 0 Å². The van der Waals surface area contributed by atoms with Crippen LogP contribution in [0.5, 0.6) is 0 Å². The van der Waals surface area contributed by atoms with Crippen molar-refractivity contribution in [2.24, 2.45) is 0 Å². The molecule has 0 aliphatic rings. The van der Waals surface area contributed by atoms with Crippen LogP contribution in [0, 0.1) is 6.92 Å². The van der Waals surface area contributed by atoms with E-state index in [-0.39, 0.29) is 5.91 Å². The first-order valence-corrected chi connectivity index (χ1v) is 8.99. The van der Waals surface area contributed by atoms with Crippen LogP contribution in [0.4, 0.5) is 11.5 Å². The fourth-order valence-electron chi connectivity index (χ4n) is 2.34. The predicted molar refractivity (Wildman–Crippen MR) is 101 cm³/mol. The molecule has 0 radical (unpaired) electrons. The molecule has 0 saturated carbocycles. The molecule has 0 saturated heterocycles. The van der Waals surface area contributed by atoms with Gasteiger partial charge in [0, 0.05) is 23.2 Å². The van der Waals surface area contributed by atoms with Gasteiger partial charge in [0.15, 0.2) is 0 Å². The minimum absolute atomic E-state index is 0.0594. The number of hydrogen-bond acceptors (Lipinski definition) is 4. The first kappa shape index (κ1) is 18.4. The molecule has 0 fully saturated rings. The molecule has 0 atom stereocenters. The minimum atomic E-state index is -0.0594. The molecule has 1 N–H and O–H groups in total. The molecule has 6 heteroatoms. The Balaban J connectivity index is 2.09. The molecule has 1 aromatic carbocycles. The summed E-state index contributed by atoms with van der Waals surface area (Å²) in [5, 5.41) is 3.19. The second-order valence-electron chi connectivity index (χ2n) is 5.67. The SMILES string of the molecule is CCCN(CCC)C(=O)c1cnc(Nc2ccc(C)c(Br)c2)cn1. The third-order valence-electron chi connectivity index (χ3n) is 3.59. The molecule has 1 aromatic heterocycles. The molecule has 1 amide bonds. The van der Waals surface area contributed by atoms with Gasteiger partial charge in [-0.1, -0.05) is 35.8 Å². The highest BCUT2D eigenvalue weighted by atomic mass is 79.9. The van der Waals surface area contributed by atoms with Gasteiger partial charge in [-0.3, -0.25) is 4.79 Å². The Morgan fingerprint density at radius 1 is 1.17 bits per heavy atom. The van der Waals surface area contributed by atoms with E-state index in [1.807, 2.05) is 30.0 Å². The van der Waals surface area contributed by atoms with E-state index >= 15 is 0 Å². The van der Waals surface area contributed by atoms with Crippen molar-refractivity contribution in [3.63, 3.8) is 0 Å². The summed E-state index contributed by atoms with van der Waals surface area (Å²) in [6, 6.07) is 5.98. The van der Waals surface area contributed by atoms with E-state index in [1.165, 1.54) is 11.8 Å². The van der Waals surface area contributed by atoms with Crippen molar-refractivity contribution in [1.29, 1.82) is 0 Å². The molecular weight excluding hydrogens is 368 g/mol. The lowest BCUT2D eigenvalue weighted by molar-refractivity contribution is 0.0749. The number of nitrogens with one attached hydrogen (secondary N) is 1. The van der Waals surface area contributed by atoms with Gasteiger partial charge in [0.25, 0.3) is 5.91 Å². The van der Waals surface area contributed by atoms with Gasteiger partial charge in [0.05, 0.1) is 12.4 Å². The number of hydrogen-bond donors (Lipinski definition) is 1. The third-order valence-corrected chi connectivity index (χ3v) is 4.44. The van der Waals surface area contributed by atoms with Crippen molar-refractivity contribution >= 4 is 33.3 Å². The highest BCUT2D eigenvalue weighted by Crippen LogP contribution is 2.22. The average molecular weight is 391 g/mol. The summed E-state index contributed by atoms with van der Waals surface area (Å²) in [6.07, 6.45) is 4.99. The first-order chi connectivity index (χ1) is 11.5. The van der Waals surface area contributed by atoms with Crippen molar-refractivity contribution in [2.45, 2.75) is 33.6 Å². The predicted octanol–water partition coefficient (Wildman–Crippen LogP) is 4.55. The molecule has 5 nitrogen and oxygen atoms in total. The lowest BCUT2D eigenvalue weighted by Crippen LogP contribution is -2.33. The van der Waals surface area contributed by atoms with Crippen LogP contribution in [0.15, 0.2) is 35.1 Å². The summed E-state index contributed by atoms with van der Waals surface area (Å²) in [5.41, 5.74) is 2.46. The van der Waals surface area contributed by atoms with Crippen LogP contribution < -0.4 is 5.32 Å². The highest BCUT2D eigenvalue weighted by molar-refractivity contribution is 9.10. The molecule has 0 spiro atoms. The quantitative estimate of drug-likeness (QED) is 0.752. The van der Waals surface area contributed by atoms with Crippen LogP contribution in [0.2, 0.25) is 0 Å². The van der Waals surface area contributed by atoms with E-state index in [0.717, 1.165) is 36.1 Å². The fraction of sp³-hybridized carbons (Fsp3) is 0.389. The second-order valence-corrected chi connectivity index (χ2v) is 6.52. The minimum Gasteiger partial charge on any atom is -0.339 e. The topological polar surface area (TPSA) is 58.1 Å². The Kier molecular flexibility index (Phi) is 6.73. The van der Waals surface area contributed by atoms with Gasteiger partial charge >= 0.3 is 0 Å². The van der Waals surface area contributed by atoms with Gasteiger partial charge in [0.2, 0.25) is 0 Å². The summed E-state index contributed by atoms with van der Waals surface area (Å²) in [7, 11) is 0. The van der Waals surface area contributed by atoms with Gasteiger partial charge < -0.3 is 10.2 Å². The van der Waals surface area contributed by atoms with Crippen molar-refractivity contribution < 1.29 is 4.79 Å². The Morgan fingerprint density at radius 3 is 2.42 bits per heavy atom. The standard InChI is InChI=1S/C18H23BrN4O/c1-4-8-23(9-5-2)18(24)16-11-21-17(12-20-16)22-14-7-6-13(3)15(19)10-14/h6-7,10-12H,4-5,8-9H2,1-3H3,(H,21,22). The molecule has 2 aromatic rings. The molecule has 2 rings (SSSR count). The Bertz CT molecular complexity index is 682. The van der Waals surface area contributed by atoms with Crippen molar-refractivity contribution in [2.75, 3.05) is 18.4 Å². The Labute approximate surface area is 151 Å². The van der Waals surface area contributed by atoms with E-state index < -0.39 is 0 Å². The van der Waals surface area contributed by atoms with E-state index in [4.69, 9.17) is 0 Å². The maximum atomic E-state index is 12.5. The van der Waals surface area contributed by atoms with E-state index in [0.29, 0.717) is 11.5 Å². The van der Waals surface area contributed by atoms with E-state index in [1.54, 1.807) is 6.20 Å². The van der Waals surface area contributed by atoms with Crippen LogP contribution in [0.25, 0.3) is 0 Å². The molecular formula is C18H23BrN4O. The zero-order valence-corrected chi connectivity index (χ0v) is 15.9. The van der Waals surface area contributed by atoms with Gasteiger partial charge in [-0.05, 0) is 37.5 Å². The van der Waals surface area contributed by atoms with Crippen LogP contribution in [0.3, 0.4) is 0 Å². The molecule has 128 valence electrons. The molecule has 0 unspecified atom stereocenters. The summed E-state index contributed by atoms with van der Waals surface area (Å²) in [5.74, 6) is 0.552. The lowest BCUT2D eigenvalue weighted by atomic mass is 10.2. The average Bonchev–Trinajstić information content (AvgIpc) is 2.58. The van der Waals surface area contributed by atoms with E-state index in [9.17, 15) is 4.79 Å². The number of nitrogens with zero attached hydrogens (tertiary/aromatic N) is 3.